The molecule has 3 N–H and O–H groups in total. The summed E-state index contributed by atoms with van der Waals surface area (Å²) >= 11 is 0. The molecule has 0 fully saturated rings. The first-order valence-corrected chi connectivity index (χ1v) is 6.12. The zero-order valence-corrected chi connectivity index (χ0v) is 10.8. The summed E-state index contributed by atoms with van der Waals surface area (Å²) < 4.78 is 2.03. The Labute approximate surface area is 107 Å². The molecule has 0 spiro atoms. The molecular weight excluding hydrogens is 226 g/mol. The third-order valence-electron chi connectivity index (χ3n) is 2.73. The Kier molecular flexibility index (Phi) is 3.82. The SMILES string of the molecule is Cc1cc(C)n(CCCNc2cccc(N)n2)n1. The van der Waals surface area contributed by atoms with E-state index in [0.29, 0.717) is 5.82 Å². The number of nitrogens with one attached hydrogen (secondary N) is 1. The number of aryl methyl sites for hydroxylation is 3. The van der Waals surface area contributed by atoms with Crippen LogP contribution in [0.4, 0.5) is 11.6 Å². The van der Waals surface area contributed by atoms with E-state index in [1.165, 1.54) is 5.69 Å². The highest BCUT2D eigenvalue weighted by Crippen LogP contribution is 2.06. The predicted molar refractivity (Wildman–Crippen MR) is 73.5 cm³/mol. The molecule has 5 heteroatoms. The van der Waals surface area contributed by atoms with Gasteiger partial charge in [0.25, 0.3) is 0 Å². The summed E-state index contributed by atoms with van der Waals surface area (Å²) in [5, 5.41) is 7.67. The van der Waals surface area contributed by atoms with Crippen molar-refractivity contribution in [1.29, 1.82) is 0 Å². The number of pyridine rings is 1. The summed E-state index contributed by atoms with van der Waals surface area (Å²) in [5.74, 6) is 1.36. The number of rotatable bonds is 5. The smallest absolute Gasteiger partial charge is 0.128 e. The van der Waals surface area contributed by atoms with Gasteiger partial charge < -0.3 is 11.1 Å². The van der Waals surface area contributed by atoms with Crippen molar-refractivity contribution in [1.82, 2.24) is 14.8 Å². The molecule has 18 heavy (non-hydrogen) atoms. The molecule has 5 nitrogen and oxygen atoms in total. The average Bonchev–Trinajstić information content (AvgIpc) is 2.64. The lowest BCUT2D eigenvalue weighted by atomic mass is 10.3. The van der Waals surface area contributed by atoms with Crippen LogP contribution in [0.25, 0.3) is 0 Å². The van der Waals surface area contributed by atoms with Crippen LogP contribution in [0.1, 0.15) is 17.8 Å². The first-order chi connectivity index (χ1) is 8.65. The Bertz CT molecular complexity index is 518. The molecule has 2 aromatic rings. The van der Waals surface area contributed by atoms with Crippen molar-refractivity contribution in [2.45, 2.75) is 26.8 Å². The molecule has 96 valence electrons. The number of nitrogen functional groups attached to an aromatic ring is 1. The van der Waals surface area contributed by atoms with E-state index in [4.69, 9.17) is 5.73 Å². The fourth-order valence-electron chi connectivity index (χ4n) is 1.90. The van der Waals surface area contributed by atoms with Crippen LogP contribution >= 0.6 is 0 Å². The lowest BCUT2D eigenvalue weighted by Crippen LogP contribution is -2.09. The average molecular weight is 245 g/mol. The summed E-state index contributed by atoms with van der Waals surface area (Å²) in [5.41, 5.74) is 7.88. The summed E-state index contributed by atoms with van der Waals surface area (Å²) in [7, 11) is 0. The molecule has 0 aliphatic rings. The van der Waals surface area contributed by atoms with Gasteiger partial charge in [0.05, 0.1) is 5.69 Å². The van der Waals surface area contributed by atoms with Gasteiger partial charge in [-0.25, -0.2) is 4.98 Å². The van der Waals surface area contributed by atoms with Crippen LogP contribution < -0.4 is 11.1 Å². The van der Waals surface area contributed by atoms with E-state index in [1.54, 1.807) is 6.07 Å². The van der Waals surface area contributed by atoms with Gasteiger partial charge in [-0.2, -0.15) is 5.10 Å². The van der Waals surface area contributed by atoms with E-state index in [2.05, 4.69) is 28.4 Å². The van der Waals surface area contributed by atoms with Crippen molar-refractivity contribution in [3.8, 4) is 0 Å². The second-order valence-electron chi connectivity index (χ2n) is 4.38. The molecule has 0 saturated carbocycles. The molecule has 0 aromatic carbocycles. The molecule has 0 radical (unpaired) electrons. The highest BCUT2D eigenvalue weighted by atomic mass is 15.3. The first-order valence-electron chi connectivity index (χ1n) is 6.12. The Balaban J connectivity index is 1.78. The number of anilines is 2. The molecule has 0 atom stereocenters. The summed E-state index contributed by atoms with van der Waals surface area (Å²) in [4.78, 5) is 4.18. The Hall–Kier alpha value is -2.04. The molecule has 0 aliphatic carbocycles. The van der Waals surface area contributed by atoms with Gasteiger partial charge in [0.1, 0.15) is 11.6 Å². The molecule has 0 amide bonds. The van der Waals surface area contributed by atoms with E-state index in [9.17, 15) is 0 Å². The normalized spacial score (nSPS) is 10.6. The van der Waals surface area contributed by atoms with Gasteiger partial charge in [0.2, 0.25) is 0 Å². The number of hydrogen-bond donors (Lipinski definition) is 2. The summed E-state index contributed by atoms with van der Waals surface area (Å²) in [6, 6.07) is 7.68. The predicted octanol–water partition coefficient (Wildman–Crippen LogP) is 1.98. The highest BCUT2D eigenvalue weighted by Gasteiger charge is 2.00. The number of hydrogen-bond acceptors (Lipinski definition) is 4. The maximum Gasteiger partial charge on any atom is 0.128 e. The van der Waals surface area contributed by atoms with Gasteiger partial charge in [-0.1, -0.05) is 6.07 Å². The molecule has 0 bridgehead atoms. The van der Waals surface area contributed by atoms with E-state index >= 15 is 0 Å². The van der Waals surface area contributed by atoms with Crippen molar-refractivity contribution >= 4 is 11.6 Å². The summed E-state index contributed by atoms with van der Waals surface area (Å²) in [6.45, 7) is 5.86. The zero-order valence-electron chi connectivity index (χ0n) is 10.8. The molecule has 2 heterocycles. The van der Waals surface area contributed by atoms with E-state index in [1.807, 2.05) is 23.7 Å². The minimum atomic E-state index is 0.540. The van der Waals surface area contributed by atoms with Gasteiger partial charge in [0.15, 0.2) is 0 Å². The zero-order chi connectivity index (χ0) is 13.0. The van der Waals surface area contributed by atoms with Gasteiger partial charge in [-0.3, -0.25) is 4.68 Å². The third kappa shape index (κ3) is 3.23. The van der Waals surface area contributed by atoms with Crippen LogP contribution in [0, 0.1) is 13.8 Å². The molecule has 0 saturated heterocycles. The standard InChI is InChI=1S/C13H19N5/c1-10-9-11(2)18(17-10)8-4-7-15-13-6-3-5-12(14)16-13/h3,5-6,9H,4,7-8H2,1-2H3,(H3,14,15,16). The number of aromatic nitrogens is 3. The number of nitrogens with two attached hydrogens (primary N) is 1. The Morgan fingerprint density at radius 3 is 2.83 bits per heavy atom. The molecule has 0 aliphatic heterocycles. The van der Waals surface area contributed by atoms with E-state index in [-0.39, 0.29) is 0 Å². The molecule has 2 rings (SSSR count). The quantitative estimate of drug-likeness (QED) is 0.790. The fraction of sp³-hybridized carbons (Fsp3) is 0.385. The Morgan fingerprint density at radius 2 is 2.17 bits per heavy atom. The second kappa shape index (κ2) is 5.53. The fourth-order valence-corrected chi connectivity index (χ4v) is 1.90. The van der Waals surface area contributed by atoms with Crippen LogP contribution in [0.2, 0.25) is 0 Å². The van der Waals surface area contributed by atoms with Crippen LogP contribution in [0.3, 0.4) is 0 Å². The lowest BCUT2D eigenvalue weighted by Gasteiger charge is -2.07. The molecule has 2 aromatic heterocycles. The van der Waals surface area contributed by atoms with Crippen LogP contribution in [0.15, 0.2) is 24.3 Å². The van der Waals surface area contributed by atoms with Gasteiger partial charge in [-0.05, 0) is 38.5 Å². The molecular formula is C13H19N5. The van der Waals surface area contributed by atoms with Crippen LogP contribution in [-0.4, -0.2) is 21.3 Å². The largest absolute Gasteiger partial charge is 0.384 e. The number of nitrogens with zero attached hydrogens (tertiary/aromatic N) is 3. The maximum atomic E-state index is 5.61. The second-order valence-corrected chi connectivity index (χ2v) is 4.38. The van der Waals surface area contributed by atoms with Crippen LogP contribution in [-0.2, 0) is 6.54 Å². The third-order valence-corrected chi connectivity index (χ3v) is 2.73. The topological polar surface area (TPSA) is 68.8 Å². The van der Waals surface area contributed by atoms with Crippen molar-refractivity contribution in [2.24, 2.45) is 0 Å². The van der Waals surface area contributed by atoms with Gasteiger partial charge >= 0.3 is 0 Å². The van der Waals surface area contributed by atoms with Crippen molar-refractivity contribution in [3.05, 3.63) is 35.7 Å². The maximum absolute atomic E-state index is 5.61. The van der Waals surface area contributed by atoms with Gasteiger partial charge in [-0.15, -0.1) is 0 Å². The van der Waals surface area contributed by atoms with Crippen LogP contribution in [0.5, 0.6) is 0 Å². The first kappa shape index (κ1) is 12.4. The monoisotopic (exact) mass is 245 g/mol. The lowest BCUT2D eigenvalue weighted by molar-refractivity contribution is 0.573. The van der Waals surface area contributed by atoms with E-state index < -0.39 is 0 Å². The van der Waals surface area contributed by atoms with Gasteiger partial charge in [0, 0.05) is 18.8 Å². The Morgan fingerprint density at radius 1 is 1.33 bits per heavy atom. The highest BCUT2D eigenvalue weighted by molar-refractivity contribution is 5.41. The summed E-state index contributed by atoms with van der Waals surface area (Å²) in [6.07, 6.45) is 0.998. The molecule has 0 unspecified atom stereocenters. The van der Waals surface area contributed by atoms with Crippen molar-refractivity contribution in [3.63, 3.8) is 0 Å². The van der Waals surface area contributed by atoms with E-state index in [0.717, 1.165) is 31.0 Å². The minimum Gasteiger partial charge on any atom is -0.384 e. The van der Waals surface area contributed by atoms with Crippen molar-refractivity contribution in [2.75, 3.05) is 17.6 Å². The minimum absolute atomic E-state index is 0.540. The van der Waals surface area contributed by atoms with Crippen molar-refractivity contribution < 1.29 is 0 Å².